The number of aryl methyl sites for hydroxylation is 2. The Labute approximate surface area is 122 Å². The van der Waals surface area contributed by atoms with Gasteiger partial charge in [0.05, 0.1) is 0 Å². The number of H-pyrrole nitrogens is 1. The highest BCUT2D eigenvalue weighted by Gasteiger charge is 2.29. The summed E-state index contributed by atoms with van der Waals surface area (Å²) in [4.78, 5) is 14.4. The van der Waals surface area contributed by atoms with Crippen LogP contribution >= 0.6 is 0 Å². The molecular weight excluding hydrogens is 270 g/mol. The highest BCUT2D eigenvalue weighted by Crippen LogP contribution is 2.26. The molecule has 1 saturated heterocycles. The molecule has 0 saturated carbocycles. The van der Waals surface area contributed by atoms with Crippen LogP contribution in [0.3, 0.4) is 0 Å². The predicted molar refractivity (Wildman–Crippen MR) is 74.9 cm³/mol. The van der Waals surface area contributed by atoms with Crippen LogP contribution in [0.25, 0.3) is 0 Å². The minimum Gasteiger partial charge on any atom is -0.456 e. The highest BCUT2D eigenvalue weighted by atomic mass is 16.4. The van der Waals surface area contributed by atoms with Gasteiger partial charge in [-0.15, -0.1) is 10.2 Å². The SMILES string of the molecule is CCc1oc(C(=O)N2CCC[C@@H](c3nn[nH]n3)C2)cc1C. The number of aromatic amines is 1. The number of nitrogens with one attached hydrogen (secondary N) is 1. The molecule has 0 aromatic carbocycles. The molecule has 1 amide bonds. The largest absolute Gasteiger partial charge is 0.456 e. The van der Waals surface area contributed by atoms with Gasteiger partial charge in [0.1, 0.15) is 5.76 Å². The number of hydrogen-bond donors (Lipinski definition) is 1. The number of furan rings is 1. The Balaban J connectivity index is 1.74. The Morgan fingerprint density at radius 2 is 2.43 bits per heavy atom. The van der Waals surface area contributed by atoms with E-state index in [0.29, 0.717) is 18.1 Å². The third-order valence-electron chi connectivity index (χ3n) is 3.99. The van der Waals surface area contributed by atoms with E-state index < -0.39 is 0 Å². The zero-order valence-corrected chi connectivity index (χ0v) is 12.3. The molecule has 0 bridgehead atoms. The van der Waals surface area contributed by atoms with E-state index in [1.807, 2.05) is 24.8 Å². The van der Waals surface area contributed by atoms with Crippen molar-refractivity contribution in [2.75, 3.05) is 13.1 Å². The van der Waals surface area contributed by atoms with Gasteiger partial charge in [-0.05, 0) is 31.4 Å². The molecule has 2 aromatic rings. The van der Waals surface area contributed by atoms with Crippen molar-refractivity contribution in [1.29, 1.82) is 0 Å². The van der Waals surface area contributed by atoms with E-state index in [1.165, 1.54) is 0 Å². The molecule has 21 heavy (non-hydrogen) atoms. The quantitative estimate of drug-likeness (QED) is 0.928. The molecule has 1 atom stereocenters. The monoisotopic (exact) mass is 289 g/mol. The number of hydrogen-bond acceptors (Lipinski definition) is 5. The Hall–Kier alpha value is -2.18. The average Bonchev–Trinajstić information content (AvgIpc) is 3.16. The van der Waals surface area contributed by atoms with Crippen LogP contribution in [0.15, 0.2) is 10.5 Å². The molecule has 3 heterocycles. The number of likely N-dealkylation sites (tertiary alicyclic amines) is 1. The van der Waals surface area contributed by atoms with Crippen molar-refractivity contribution < 1.29 is 9.21 Å². The van der Waals surface area contributed by atoms with Crippen LogP contribution in [0.4, 0.5) is 0 Å². The van der Waals surface area contributed by atoms with Crippen molar-refractivity contribution in [3.8, 4) is 0 Å². The van der Waals surface area contributed by atoms with Gasteiger partial charge < -0.3 is 9.32 Å². The number of carbonyl (C=O) groups is 1. The maximum atomic E-state index is 12.6. The lowest BCUT2D eigenvalue weighted by Crippen LogP contribution is -2.39. The zero-order valence-electron chi connectivity index (χ0n) is 12.3. The molecule has 1 aliphatic heterocycles. The summed E-state index contributed by atoms with van der Waals surface area (Å²) in [6.07, 6.45) is 2.70. The van der Waals surface area contributed by atoms with Crippen molar-refractivity contribution in [2.45, 2.75) is 39.0 Å². The van der Waals surface area contributed by atoms with Gasteiger partial charge in [0, 0.05) is 25.4 Å². The van der Waals surface area contributed by atoms with E-state index in [1.54, 1.807) is 0 Å². The van der Waals surface area contributed by atoms with Crippen molar-refractivity contribution in [2.24, 2.45) is 0 Å². The van der Waals surface area contributed by atoms with E-state index in [0.717, 1.165) is 37.1 Å². The summed E-state index contributed by atoms with van der Waals surface area (Å²) in [5.41, 5.74) is 1.03. The minimum atomic E-state index is -0.0500. The summed E-state index contributed by atoms with van der Waals surface area (Å²) in [7, 11) is 0. The maximum Gasteiger partial charge on any atom is 0.289 e. The summed E-state index contributed by atoms with van der Waals surface area (Å²) in [5, 5.41) is 14.1. The van der Waals surface area contributed by atoms with Crippen molar-refractivity contribution in [3.05, 3.63) is 29.0 Å². The number of rotatable bonds is 3. The third kappa shape index (κ3) is 2.68. The first-order valence-corrected chi connectivity index (χ1v) is 7.31. The molecule has 1 fully saturated rings. The van der Waals surface area contributed by atoms with Crippen molar-refractivity contribution >= 4 is 5.91 Å². The van der Waals surface area contributed by atoms with Crippen LogP contribution in [0.2, 0.25) is 0 Å². The van der Waals surface area contributed by atoms with Crippen LogP contribution in [-0.2, 0) is 6.42 Å². The lowest BCUT2D eigenvalue weighted by atomic mass is 9.97. The van der Waals surface area contributed by atoms with E-state index >= 15 is 0 Å². The smallest absolute Gasteiger partial charge is 0.289 e. The molecule has 3 rings (SSSR count). The summed E-state index contributed by atoms with van der Waals surface area (Å²) in [6.45, 7) is 5.35. The number of nitrogens with zero attached hydrogens (tertiary/aromatic N) is 4. The molecule has 0 aliphatic carbocycles. The van der Waals surface area contributed by atoms with E-state index in [-0.39, 0.29) is 11.8 Å². The average molecular weight is 289 g/mol. The van der Waals surface area contributed by atoms with Crippen molar-refractivity contribution in [3.63, 3.8) is 0 Å². The molecule has 7 heteroatoms. The number of aromatic nitrogens is 4. The third-order valence-corrected chi connectivity index (χ3v) is 3.99. The molecule has 1 N–H and O–H groups in total. The van der Waals surface area contributed by atoms with E-state index in [9.17, 15) is 4.79 Å². The van der Waals surface area contributed by atoms with Gasteiger partial charge in [-0.1, -0.05) is 12.1 Å². The molecule has 1 aliphatic rings. The number of carbonyl (C=O) groups excluding carboxylic acids is 1. The Morgan fingerprint density at radius 1 is 1.57 bits per heavy atom. The minimum absolute atomic E-state index is 0.0500. The van der Waals surface area contributed by atoms with Crippen LogP contribution < -0.4 is 0 Å². The van der Waals surface area contributed by atoms with Gasteiger partial charge in [-0.2, -0.15) is 5.21 Å². The van der Waals surface area contributed by atoms with Crippen molar-refractivity contribution in [1.82, 2.24) is 25.5 Å². The second kappa shape index (κ2) is 5.67. The lowest BCUT2D eigenvalue weighted by molar-refractivity contribution is 0.0670. The molecule has 2 aromatic heterocycles. The second-order valence-electron chi connectivity index (χ2n) is 5.43. The number of tetrazole rings is 1. The predicted octanol–water partition coefficient (Wildman–Crippen LogP) is 1.68. The van der Waals surface area contributed by atoms with Gasteiger partial charge >= 0.3 is 0 Å². The van der Waals surface area contributed by atoms with Crippen LogP contribution in [0, 0.1) is 6.92 Å². The molecule has 7 nitrogen and oxygen atoms in total. The summed E-state index contributed by atoms with van der Waals surface area (Å²) in [6, 6.07) is 1.83. The van der Waals surface area contributed by atoms with Gasteiger partial charge in [0.15, 0.2) is 11.6 Å². The number of piperidine rings is 1. The lowest BCUT2D eigenvalue weighted by Gasteiger charge is -2.30. The number of amides is 1. The zero-order chi connectivity index (χ0) is 14.8. The van der Waals surface area contributed by atoms with Crippen LogP contribution in [-0.4, -0.2) is 44.5 Å². The summed E-state index contributed by atoms with van der Waals surface area (Å²) < 4.78 is 5.66. The molecule has 0 spiro atoms. The Bertz CT molecular complexity index is 619. The first kappa shape index (κ1) is 13.8. The molecule has 0 unspecified atom stereocenters. The fourth-order valence-corrected chi connectivity index (χ4v) is 2.85. The fraction of sp³-hybridized carbons (Fsp3) is 0.571. The summed E-state index contributed by atoms with van der Waals surface area (Å²) in [5.74, 6) is 2.08. The molecular formula is C14H19N5O2. The molecule has 0 radical (unpaired) electrons. The standard InChI is InChI=1S/C14H19N5O2/c1-3-11-9(2)7-12(21-11)14(20)19-6-4-5-10(8-19)13-15-17-18-16-13/h7,10H,3-6,8H2,1-2H3,(H,15,16,17,18)/t10-/m1/s1. The van der Waals surface area contributed by atoms with E-state index in [4.69, 9.17) is 4.42 Å². The van der Waals surface area contributed by atoms with Gasteiger partial charge in [-0.25, -0.2) is 0 Å². The second-order valence-corrected chi connectivity index (χ2v) is 5.43. The first-order valence-electron chi connectivity index (χ1n) is 7.31. The Morgan fingerprint density at radius 3 is 3.10 bits per heavy atom. The normalized spacial score (nSPS) is 19.0. The van der Waals surface area contributed by atoms with Gasteiger partial charge in [0.25, 0.3) is 5.91 Å². The Kier molecular flexibility index (Phi) is 3.72. The van der Waals surface area contributed by atoms with Crippen LogP contribution in [0.1, 0.15) is 53.4 Å². The summed E-state index contributed by atoms with van der Waals surface area (Å²) >= 11 is 0. The highest BCUT2D eigenvalue weighted by molar-refractivity contribution is 5.92. The fourth-order valence-electron chi connectivity index (χ4n) is 2.85. The molecule has 112 valence electrons. The first-order chi connectivity index (χ1) is 10.2. The topological polar surface area (TPSA) is 87.9 Å². The van der Waals surface area contributed by atoms with E-state index in [2.05, 4.69) is 20.6 Å². The maximum absolute atomic E-state index is 12.6. The van der Waals surface area contributed by atoms with Crippen LogP contribution in [0.5, 0.6) is 0 Å². The van der Waals surface area contributed by atoms with Gasteiger partial charge in [0.2, 0.25) is 0 Å². The van der Waals surface area contributed by atoms with Gasteiger partial charge in [-0.3, -0.25) is 4.79 Å².